The van der Waals surface area contributed by atoms with E-state index >= 15 is 0 Å². The summed E-state index contributed by atoms with van der Waals surface area (Å²) in [5.74, 6) is 0.198. The monoisotopic (exact) mass is 425 g/mol. The molecule has 1 atom stereocenters. The molecule has 27 heavy (non-hydrogen) atoms. The van der Waals surface area contributed by atoms with Crippen molar-refractivity contribution in [1.29, 1.82) is 0 Å². The molecule has 1 heterocycles. The fourth-order valence-corrected chi connectivity index (χ4v) is 3.76. The fourth-order valence-electron chi connectivity index (χ4n) is 2.81. The molecule has 1 amide bonds. The Morgan fingerprint density at radius 1 is 1.26 bits per heavy atom. The summed E-state index contributed by atoms with van der Waals surface area (Å²) in [7, 11) is 0. The standard InChI is InChI=1S/C18H26F3N3OS.ClH/c1-13-3-4-15(11-14(13)2)26-10-5-17(25)23-12-16(18(19,20)21)24-8-6-22-7-9-24;/h3-4,11,16,22H,5-10,12H2,1-2H3,(H,23,25);1H. The van der Waals surface area contributed by atoms with Crippen molar-refractivity contribution >= 4 is 30.1 Å². The molecule has 0 aliphatic carbocycles. The number of thioether (sulfide) groups is 1. The molecule has 0 bridgehead atoms. The lowest BCUT2D eigenvalue weighted by atomic mass is 10.1. The van der Waals surface area contributed by atoms with E-state index in [9.17, 15) is 18.0 Å². The number of carbonyl (C=O) groups excluding carboxylic acids is 1. The van der Waals surface area contributed by atoms with Gasteiger partial charge in [0, 0.05) is 49.8 Å². The first-order chi connectivity index (χ1) is 12.3. The maximum atomic E-state index is 13.3. The number of amides is 1. The zero-order valence-electron chi connectivity index (χ0n) is 15.6. The van der Waals surface area contributed by atoms with Crippen molar-refractivity contribution in [2.24, 2.45) is 0 Å². The molecule has 154 valence electrons. The molecule has 2 N–H and O–H groups in total. The predicted molar refractivity (Wildman–Crippen MR) is 106 cm³/mol. The number of piperazine rings is 1. The molecule has 1 aliphatic heterocycles. The second-order valence-electron chi connectivity index (χ2n) is 6.49. The van der Waals surface area contributed by atoms with E-state index in [2.05, 4.69) is 16.7 Å². The van der Waals surface area contributed by atoms with Crippen LogP contribution in [0.5, 0.6) is 0 Å². The van der Waals surface area contributed by atoms with Crippen LogP contribution in [-0.4, -0.2) is 61.5 Å². The quantitative estimate of drug-likeness (QED) is 0.659. The van der Waals surface area contributed by atoms with Gasteiger partial charge < -0.3 is 10.6 Å². The van der Waals surface area contributed by atoms with Crippen LogP contribution in [0.2, 0.25) is 0 Å². The molecule has 1 aliphatic rings. The summed E-state index contributed by atoms with van der Waals surface area (Å²) < 4.78 is 39.8. The second-order valence-corrected chi connectivity index (χ2v) is 7.66. The van der Waals surface area contributed by atoms with Crippen molar-refractivity contribution < 1.29 is 18.0 Å². The lowest BCUT2D eigenvalue weighted by Gasteiger charge is -2.35. The molecule has 9 heteroatoms. The second kappa shape index (κ2) is 11.1. The van der Waals surface area contributed by atoms with E-state index in [4.69, 9.17) is 0 Å². The SMILES string of the molecule is Cc1ccc(SCCC(=O)NCC(N2CCNCC2)C(F)(F)F)cc1C.Cl. The van der Waals surface area contributed by atoms with Crippen LogP contribution in [0.1, 0.15) is 17.5 Å². The number of nitrogens with one attached hydrogen (secondary N) is 2. The van der Waals surface area contributed by atoms with Crippen LogP contribution in [0.15, 0.2) is 23.1 Å². The summed E-state index contributed by atoms with van der Waals surface area (Å²) in [6.45, 7) is 5.41. The highest BCUT2D eigenvalue weighted by molar-refractivity contribution is 7.99. The zero-order chi connectivity index (χ0) is 19.2. The van der Waals surface area contributed by atoms with Gasteiger partial charge in [-0.2, -0.15) is 13.2 Å². The zero-order valence-corrected chi connectivity index (χ0v) is 17.2. The highest BCUT2D eigenvalue weighted by Crippen LogP contribution is 2.25. The Kier molecular flexibility index (Phi) is 9.94. The average molecular weight is 426 g/mol. The van der Waals surface area contributed by atoms with E-state index < -0.39 is 18.8 Å². The molecule has 0 saturated carbocycles. The molecular formula is C18H27ClF3N3OS. The number of hydrogen-bond acceptors (Lipinski definition) is 4. The molecule has 0 spiro atoms. The van der Waals surface area contributed by atoms with Gasteiger partial charge in [0.25, 0.3) is 0 Å². The number of halogens is 4. The fraction of sp³-hybridized carbons (Fsp3) is 0.611. The van der Waals surface area contributed by atoms with Gasteiger partial charge >= 0.3 is 6.18 Å². The van der Waals surface area contributed by atoms with E-state index in [-0.39, 0.29) is 24.7 Å². The van der Waals surface area contributed by atoms with Gasteiger partial charge in [-0.05, 0) is 37.1 Å². The summed E-state index contributed by atoms with van der Waals surface area (Å²) in [6, 6.07) is 4.46. The molecule has 2 rings (SSSR count). The first kappa shape index (κ1) is 24.1. The van der Waals surface area contributed by atoms with Crippen molar-refractivity contribution in [3.05, 3.63) is 29.3 Å². The minimum absolute atomic E-state index is 0. The van der Waals surface area contributed by atoms with Gasteiger partial charge in [0.15, 0.2) is 0 Å². The Balaban J connectivity index is 0.00000364. The van der Waals surface area contributed by atoms with Crippen molar-refractivity contribution in [3.8, 4) is 0 Å². The van der Waals surface area contributed by atoms with Gasteiger partial charge in [-0.1, -0.05) is 6.07 Å². The normalized spacial score (nSPS) is 16.5. The van der Waals surface area contributed by atoms with Crippen LogP contribution in [0.25, 0.3) is 0 Å². The van der Waals surface area contributed by atoms with Gasteiger partial charge in [-0.25, -0.2) is 0 Å². The summed E-state index contributed by atoms with van der Waals surface area (Å²) in [5.41, 5.74) is 2.39. The van der Waals surface area contributed by atoms with Crippen molar-refractivity contribution in [1.82, 2.24) is 15.5 Å². The van der Waals surface area contributed by atoms with Gasteiger partial charge in [0.05, 0.1) is 0 Å². The van der Waals surface area contributed by atoms with Crippen LogP contribution in [0.3, 0.4) is 0 Å². The molecular weight excluding hydrogens is 399 g/mol. The van der Waals surface area contributed by atoms with Gasteiger partial charge in [0.2, 0.25) is 5.91 Å². The van der Waals surface area contributed by atoms with E-state index in [1.54, 1.807) is 0 Å². The van der Waals surface area contributed by atoms with Crippen molar-refractivity contribution in [3.63, 3.8) is 0 Å². The summed E-state index contributed by atoms with van der Waals surface area (Å²) in [5, 5.41) is 5.50. The van der Waals surface area contributed by atoms with Crippen LogP contribution in [0, 0.1) is 13.8 Å². The molecule has 0 radical (unpaired) electrons. The Labute approximate surface area is 169 Å². The van der Waals surface area contributed by atoms with Crippen LogP contribution < -0.4 is 10.6 Å². The van der Waals surface area contributed by atoms with Crippen molar-refractivity contribution in [2.75, 3.05) is 38.5 Å². The summed E-state index contributed by atoms with van der Waals surface area (Å²) in [6.07, 6.45) is -4.15. The summed E-state index contributed by atoms with van der Waals surface area (Å²) in [4.78, 5) is 14.4. The Bertz CT molecular complexity index is 610. The first-order valence-electron chi connectivity index (χ1n) is 8.75. The van der Waals surface area contributed by atoms with Gasteiger partial charge in [-0.15, -0.1) is 24.2 Å². The van der Waals surface area contributed by atoms with Crippen LogP contribution in [0.4, 0.5) is 13.2 Å². The minimum Gasteiger partial charge on any atom is -0.354 e. The lowest BCUT2D eigenvalue weighted by molar-refractivity contribution is -0.184. The van der Waals surface area contributed by atoms with E-state index in [1.807, 2.05) is 26.0 Å². The van der Waals surface area contributed by atoms with Crippen molar-refractivity contribution in [2.45, 2.75) is 37.4 Å². The maximum absolute atomic E-state index is 13.3. The molecule has 1 aromatic carbocycles. The van der Waals surface area contributed by atoms with E-state index in [0.29, 0.717) is 31.9 Å². The smallest absolute Gasteiger partial charge is 0.354 e. The maximum Gasteiger partial charge on any atom is 0.405 e. The highest BCUT2D eigenvalue weighted by atomic mass is 35.5. The third-order valence-electron chi connectivity index (χ3n) is 4.54. The molecule has 1 aromatic rings. The van der Waals surface area contributed by atoms with E-state index in [1.165, 1.54) is 27.8 Å². The molecule has 1 fully saturated rings. The summed E-state index contributed by atoms with van der Waals surface area (Å²) >= 11 is 1.54. The predicted octanol–water partition coefficient (Wildman–Crippen LogP) is 3.16. The third-order valence-corrected chi connectivity index (χ3v) is 5.53. The number of carbonyl (C=O) groups is 1. The van der Waals surface area contributed by atoms with Crippen LogP contribution in [-0.2, 0) is 4.79 Å². The van der Waals surface area contributed by atoms with E-state index in [0.717, 1.165) is 4.90 Å². The minimum atomic E-state index is -4.35. The Morgan fingerprint density at radius 2 is 1.93 bits per heavy atom. The topological polar surface area (TPSA) is 44.4 Å². The number of alkyl halides is 3. The average Bonchev–Trinajstić information content (AvgIpc) is 2.58. The first-order valence-corrected chi connectivity index (χ1v) is 9.74. The number of nitrogens with zero attached hydrogens (tertiary/aromatic N) is 1. The molecule has 0 aromatic heterocycles. The Hall–Kier alpha value is -0.960. The highest BCUT2D eigenvalue weighted by Gasteiger charge is 2.43. The van der Waals surface area contributed by atoms with Crippen LogP contribution >= 0.6 is 24.2 Å². The largest absolute Gasteiger partial charge is 0.405 e. The molecule has 1 saturated heterocycles. The molecule has 4 nitrogen and oxygen atoms in total. The van der Waals surface area contributed by atoms with Gasteiger partial charge in [-0.3, -0.25) is 9.69 Å². The third kappa shape index (κ3) is 7.89. The number of aryl methyl sites for hydroxylation is 2. The lowest BCUT2D eigenvalue weighted by Crippen LogP contribution is -2.57. The number of rotatable bonds is 7. The number of benzene rings is 1. The number of hydrogen-bond donors (Lipinski definition) is 2. The van der Waals surface area contributed by atoms with Gasteiger partial charge in [0.1, 0.15) is 6.04 Å². The molecule has 1 unspecified atom stereocenters. The Morgan fingerprint density at radius 3 is 2.52 bits per heavy atom.